The smallest absolute Gasteiger partial charge is 0.408 e. The molecule has 0 aromatic heterocycles. The summed E-state index contributed by atoms with van der Waals surface area (Å²) in [5.41, 5.74) is -1.37. The molecule has 4 aliphatic rings. The molecule has 3 aliphatic carbocycles. The number of amides is 4. The van der Waals surface area contributed by atoms with Gasteiger partial charge in [-0.15, -0.1) is 6.58 Å². The predicted octanol–water partition coefficient (Wildman–Crippen LogP) is 3.57. The van der Waals surface area contributed by atoms with Gasteiger partial charge in [-0.1, -0.05) is 39.2 Å². The molecule has 12 nitrogen and oxygen atoms in total. The van der Waals surface area contributed by atoms with Crippen molar-refractivity contribution in [1.82, 2.24) is 20.9 Å². The van der Waals surface area contributed by atoms with E-state index in [1.54, 1.807) is 31.7 Å². The molecule has 1 heterocycles. The molecule has 0 radical (unpaired) electrons. The summed E-state index contributed by atoms with van der Waals surface area (Å²) in [5.74, 6) is -3.17. The molecule has 4 fully saturated rings. The Labute approximate surface area is 278 Å². The summed E-state index contributed by atoms with van der Waals surface area (Å²) in [6, 6.07) is -2.86. The SMILES string of the molecule is C=CCCC(NC(=O)C1C2C(CN1C(=O)C(NC(=O)OC(C)(C)C)C1CCCCC1)C2(C)C)C(=O)C(=O)NCCC(=O)OC1(C)CC1. The first-order valence-corrected chi connectivity index (χ1v) is 17.2. The van der Waals surface area contributed by atoms with Crippen molar-refractivity contribution in [2.24, 2.45) is 23.2 Å². The number of nitrogens with zero attached hydrogens (tertiary/aromatic N) is 1. The van der Waals surface area contributed by atoms with Crippen LogP contribution in [0.25, 0.3) is 0 Å². The van der Waals surface area contributed by atoms with Crippen LogP contribution in [0.5, 0.6) is 0 Å². The summed E-state index contributed by atoms with van der Waals surface area (Å²) in [4.78, 5) is 81.0. The topological polar surface area (TPSA) is 160 Å². The van der Waals surface area contributed by atoms with E-state index >= 15 is 0 Å². The van der Waals surface area contributed by atoms with Crippen LogP contribution in [0.3, 0.4) is 0 Å². The van der Waals surface area contributed by atoms with Crippen molar-refractivity contribution in [2.45, 2.75) is 135 Å². The number of rotatable bonds is 14. The third-order valence-corrected chi connectivity index (χ3v) is 10.3. The second kappa shape index (κ2) is 14.4. The number of carbonyl (C=O) groups excluding carboxylic acids is 6. The number of hydrogen-bond acceptors (Lipinski definition) is 8. The number of ketones is 1. The van der Waals surface area contributed by atoms with Crippen molar-refractivity contribution >= 4 is 35.6 Å². The summed E-state index contributed by atoms with van der Waals surface area (Å²) in [5, 5.41) is 8.11. The second-order valence-corrected chi connectivity index (χ2v) is 15.6. The molecule has 0 aromatic rings. The second-order valence-electron chi connectivity index (χ2n) is 15.6. The lowest BCUT2D eigenvalue weighted by atomic mass is 9.83. The molecule has 1 aliphatic heterocycles. The number of alkyl carbamates (subject to hydrolysis) is 1. The molecule has 5 unspecified atom stereocenters. The van der Waals surface area contributed by atoms with Crippen molar-refractivity contribution < 1.29 is 38.2 Å². The van der Waals surface area contributed by atoms with Gasteiger partial charge in [-0.2, -0.15) is 0 Å². The maximum absolute atomic E-state index is 14.3. The van der Waals surface area contributed by atoms with Crippen LogP contribution in [0.15, 0.2) is 12.7 Å². The highest BCUT2D eigenvalue weighted by Gasteiger charge is 2.69. The van der Waals surface area contributed by atoms with Gasteiger partial charge in [0, 0.05) is 13.1 Å². The molecular weight excluding hydrogens is 604 g/mol. The van der Waals surface area contributed by atoms with E-state index in [-0.39, 0.29) is 48.5 Å². The van der Waals surface area contributed by atoms with E-state index < -0.39 is 59.0 Å². The molecule has 1 saturated heterocycles. The Bertz CT molecular complexity index is 1250. The highest BCUT2D eigenvalue weighted by molar-refractivity contribution is 6.38. The van der Waals surface area contributed by atoms with E-state index in [1.165, 1.54) is 0 Å². The number of nitrogens with one attached hydrogen (secondary N) is 3. The highest BCUT2D eigenvalue weighted by Crippen LogP contribution is 2.65. The lowest BCUT2D eigenvalue weighted by molar-refractivity contribution is -0.150. The average Bonchev–Trinajstić information content (AvgIpc) is 3.76. The summed E-state index contributed by atoms with van der Waals surface area (Å²) in [6.07, 6.45) is 7.47. The summed E-state index contributed by atoms with van der Waals surface area (Å²) < 4.78 is 10.9. The lowest BCUT2D eigenvalue weighted by Gasteiger charge is -2.37. The molecule has 262 valence electrons. The van der Waals surface area contributed by atoms with Crippen LogP contribution in [0.1, 0.15) is 106 Å². The van der Waals surface area contributed by atoms with Gasteiger partial charge in [-0.25, -0.2) is 4.79 Å². The van der Waals surface area contributed by atoms with E-state index in [9.17, 15) is 28.8 Å². The number of Topliss-reactive ketones (excluding diaryl/α,β-unsaturated/α-hetero) is 1. The zero-order chi connectivity index (χ0) is 34.7. The third kappa shape index (κ3) is 9.13. The maximum atomic E-state index is 14.3. The molecule has 3 saturated carbocycles. The minimum Gasteiger partial charge on any atom is -0.459 e. The first-order chi connectivity index (χ1) is 22.0. The number of esters is 1. The van der Waals surface area contributed by atoms with Crippen molar-refractivity contribution in [2.75, 3.05) is 13.1 Å². The Hall–Kier alpha value is -3.44. The molecule has 4 rings (SSSR count). The van der Waals surface area contributed by atoms with E-state index in [1.807, 2.05) is 6.92 Å². The van der Waals surface area contributed by atoms with Gasteiger partial charge in [0.2, 0.25) is 17.6 Å². The minimum absolute atomic E-state index is 0.0718. The molecule has 4 amide bonds. The van der Waals surface area contributed by atoms with Crippen LogP contribution < -0.4 is 16.0 Å². The number of likely N-dealkylation sites (tertiary alicyclic amines) is 1. The number of fused-ring (bicyclic) bond motifs is 1. The Kier molecular flexibility index (Phi) is 11.1. The maximum Gasteiger partial charge on any atom is 0.408 e. The summed E-state index contributed by atoms with van der Waals surface area (Å²) in [7, 11) is 0. The Morgan fingerprint density at radius 2 is 1.66 bits per heavy atom. The van der Waals surface area contributed by atoms with Crippen LogP contribution >= 0.6 is 0 Å². The Morgan fingerprint density at radius 1 is 1.00 bits per heavy atom. The number of allylic oxidation sites excluding steroid dienone is 1. The Morgan fingerprint density at radius 3 is 2.26 bits per heavy atom. The fraction of sp³-hybridized carbons (Fsp3) is 0.771. The molecule has 5 atom stereocenters. The standard InChI is InChI=1S/C35H54N4O8/c1-8-9-15-23(28(41)30(43)36-19-16-24(40)46-35(7)17-18-35)37-29(42)27-25-22(34(25,5)6)20-39(27)31(44)26(21-13-11-10-12-14-21)38-32(45)47-33(2,3)4/h8,21-23,25-27H,1,9-20H2,2-7H3,(H,36,43)(H,37,42)(H,38,45). The number of piperidine rings is 1. The van der Waals surface area contributed by atoms with Crippen molar-refractivity contribution in [3.8, 4) is 0 Å². The van der Waals surface area contributed by atoms with Gasteiger partial charge in [0.15, 0.2) is 0 Å². The average molecular weight is 659 g/mol. The lowest BCUT2D eigenvalue weighted by Crippen LogP contribution is -2.59. The van der Waals surface area contributed by atoms with E-state index in [2.05, 4.69) is 36.4 Å². The molecule has 0 bridgehead atoms. The largest absolute Gasteiger partial charge is 0.459 e. The third-order valence-electron chi connectivity index (χ3n) is 10.3. The number of hydrogen-bond donors (Lipinski definition) is 3. The first kappa shape index (κ1) is 36.4. The van der Waals surface area contributed by atoms with Crippen molar-refractivity contribution in [3.63, 3.8) is 0 Å². The van der Waals surface area contributed by atoms with Crippen molar-refractivity contribution in [1.29, 1.82) is 0 Å². The normalized spacial score (nSPS) is 25.3. The Balaban J connectivity index is 1.46. The van der Waals surface area contributed by atoms with Gasteiger partial charge >= 0.3 is 12.1 Å². The van der Waals surface area contributed by atoms with E-state index in [0.717, 1.165) is 44.9 Å². The van der Waals surface area contributed by atoms with Gasteiger partial charge in [0.1, 0.15) is 23.3 Å². The summed E-state index contributed by atoms with van der Waals surface area (Å²) in [6.45, 7) is 15.2. The molecular formula is C35H54N4O8. The fourth-order valence-electron chi connectivity index (χ4n) is 7.21. The minimum atomic E-state index is -1.15. The monoisotopic (exact) mass is 658 g/mol. The van der Waals surface area contributed by atoms with Crippen LogP contribution in [0.2, 0.25) is 0 Å². The first-order valence-electron chi connectivity index (χ1n) is 17.2. The zero-order valence-electron chi connectivity index (χ0n) is 28.9. The molecule has 0 spiro atoms. The van der Waals surface area contributed by atoms with E-state index in [4.69, 9.17) is 9.47 Å². The fourth-order valence-corrected chi connectivity index (χ4v) is 7.21. The van der Waals surface area contributed by atoms with E-state index in [0.29, 0.717) is 13.0 Å². The van der Waals surface area contributed by atoms with Gasteiger partial charge in [-0.3, -0.25) is 24.0 Å². The predicted molar refractivity (Wildman–Crippen MR) is 174 cm³/mol. The molecule has 3 N–H and O–H groups in total. The van der Waals surface area contributed by atoms with Gasteiger partial charge in [0.25, 0.3) is 5.91 Å². The highest BCUT2D eigenvalue weighted by atomic mass is 16.6. The van der Waals surface area contributed by atoms with Crippen LogP contribution in [-0.4, -0.2) is 82.9 Å². The van der Waals surface area contributed by atoms with Crippen LogP contribution in [0.4, 0.5) is 4.79 Å². The number of carbonyl (C=O) groups is 6. The molecule has 12 heteroatoms. The van der Waals surface area contributed by atoms with Crippen molar-refractivity contribution in [3.05, 3.63) is 12.7 Å². The zero-order valence-corrected chi connectivity index (χ0v) is 28.9. The molecule has 47 heavy (non-hydrogen) atoms. The van der Waals surface area contributed by atoms with Crippen LogP contribution in [-0.2, 0) is 33.4 Å². The summed E-state index contributed by atoms with van der Waals surface area (Å²) >= 11 is 0. The van der Waals surface area contributed by atoms with Gasteiger partial charge in [0.05, 0.1) is 12.5 Å². The van der Waals surface area contributed by atoms with Crippen LogP contribution in [0, 0.1) is 23.2 Å². The quantitative estimate of drug-likeness (QED) is 0.145. The number of ether oxygens (including phenoxy) is 2. The molecule has 0 aromatic carbocycles. The van der Waals surface area contributed by atoms with Gasteiger partial charge < -0.3 is 30.3 Å². The van der Waals surface area contributed by atoms with Gasteiger partial charge in [-0.05, 0) is 89.4 Å².